The van der Waals surface area contributed by atoms with E-state index in [0.29, 0.717) is 11.8 Å². The van der Waals surface area contributed by atoms with Crippen molar-refractivity contribution in [3.05, 3.63) is 0 Å². The molecule has 86 valence electrons. The molecule has 0 aromatic heterocycles. The van der Waals surface area contributed by atoms with E-state index in [1.54, 1.807) is 0 Å². The third-order valence-corrected chi connectivity index (χ3v) is 3.16. The highest BCUT2D eigenvalue weighted by atomic mass is 16.3. The topological polar surface area (TPSA) is 40.5 Å². The van der Waals surface area contributed by atoms with Crippen molar-refractivity contribution in [1.29, 1.82) is 0 Å². The van der Waals surface area contributed by atoms with Crippen LogP contribution in [0.4, 0.5) is 0 Å². The molecule has 0 saturated heterocycles. The Morgan fingerprint density at radius 2 is 1.57 bits per heavy atom. The summed E-state index contributed by atoms with van der Waals surface area (Å²) in [6, 6.07) is 0. The second kappa shape index (κ2) is 8.25. The summed E-state index contributed by atoms with van der Waals surface area (Å²) in [5, 5.41) is 18.2. The molecule has 2 nitrogen and oxygen atoms in total. The standard InChI is InChI=1S/C12H26O2/c1-4-7-10(5-2)11(6-3)8-12(14)9-13/h10-14H,4-9H2,1-3H3. The molecule has 0 bridgehead atoms. The summed E-state index contributed by atoms with van der Waals surface area (Å²) in [7, 11) is 0. The molecule has 0 saturated carbocycles. The molecule has 0 heterocycles. The number of aliphatic hydroxyl groups excluding tert-OH is 2. The van der Waals surface area contributed by atoms with Gasteiger partial charge in [-0.2, -0.15) is 0 Å². The lowest BCUT2D eigenvalue weighted by Crippen LogP contribution is -2.22. The predicted octanol–water partition coefficient (Wildman–Crippen LogP) is 2.58. The van der Waals surface area contributed by atoms with Gasteiger partial charge in [-0.05, 0) is 18.3 Å². The van der Waals surface area contributed by atoms with Crippen molar-refractivity contribution >= 4 is 0 Å². The summed E-state index contributed by atoms with van der Waals surface area (Å²) in [4.78, 5) is 0. The van der Waals surface area contributed by atoms with Crippen LogP contribution in [0.1, 0.15) is 52.9 Å². The Kier molecular flexibility index (Phi) is 8.20. The van der Waals surface area contributed by atoms with Crippen molar-refractivity contribution in [3.63, 3.8) is 0 Å². The Labute approximate surface area is 88.3 Å². The summed E-state index contributed by atoms with van der Waals surface area (Å²) in [5.41, 5.74) is 0. The summed E-state index contributed by atoms with van der Waals surface area (Å²) >= 11 is 0. The predicted molar refractivity (Wildman–Crippen MR) is 60.2 cm³/mol. The smallest absolute Gasteiger partial charge is 0.0773 e. The van der Waals surface area contributed by atoms with Gasteiger partial charge in [-0.15, -0.1) is 0 Å². The molecule has 0 aliphatic carbocycles. The van der Waals surface area contributed by atoms with Crippen LogP contribution in [0.25, 0.3) is 0 Å². The summed E-state index contributed by atoms with van der Waals surface area (Å²) < 4.78 is 0. The van der Waals surface area contributed by atoms with Crippen LogP contribution in [0.5, 0.6) is 0 Å². The lowest BCUT2D eigenvalue weighted by molar-refractivity contribution is 0.0614. The number of rotatable bonds is 8. The molecule has 0 rings (SSSR count). The molecule has 3 unspecified atom stereocenters. The van der Waals surface area contributed by atoms with Crippen LogP contribution in [0.2, 0.25) is 0 Å². The van der Waals surface area contributed by atoms with Crippen LogP contribution in [0.3, 0.4) is 0 Å². The molecule has 0 spiro atoms. The van der Waals surface area contributed by atoms with Crippen LogP contribution in [0.15, 0.2) is 0 Å². The largest absolute Gasteiger partial charge is 0.394 e. The van der Waals surface area contributed by atoms with Gasteiger partial charge in [0.25, 0.3) is 0 Å². The minimum atomic E-state index is -0.522. The Hall–Kier alpha value is -0.0800. The first kappa shape index (κ1) is 13.9. The van der Waals surface area contributed by atoms with Crippen LogP contribution in [0, 0.1) is 11.8 Å². The van der Waals surface area contributed by atoms with E-state index in [-0.39, 0.29) is 6.61 Å². The Morgan fingerprint density at radius 3 is 1.93 bits per heavy atom. The van der Waals surface area contributed by atoms with Crippen molar-refractivity contribution in [2.24, 2.45) is 11.8 Å². The van der Waals surface area contributed by atoms with E-state index in [4.69, 9.17) is 5.11 Å². The van der Waals surface area contributed by atoms with E-state index in [2.05, 4.69) is 20.8 Å². The third-order valence-electron chi connectivity index (χ3n) is 3.16. The van der Waals surface area contributed by atoms with Gasteiger partial charge in [0.15, 0.2) is 0 Å². The fraction of sp³-hybridized carbons (Fsp3) is 1.00. The number of hydrogen-bond acceptors (Lipinski definition) is 2. The second-order valence-corrected chi connectivity index (χ2v) is 4.20. The van der Waals surface area contributed by atoms with Gasteiger partial charge in [-0.3, -0.25) is 0 Å². The van der Waals surface area contributed by atoms with Gasteiger partial charge in [-0.25, -0.2) is 0 Å². The van der Waals surface area contributed by atoms with E-state index in [9.17, 15) is 5.11 Å². The Morgan fingerprint density at radius 1 is 1.00 bits per heavy atom. The first-order chi connectivity index (χ1) is 6.69. The zero-order chi connectivity index (χ0) is 11.0. The minimum Gasteiger partial charge on any atom is -0.394 e. The van der Waals surface area contributed by atoms with Crippen LogP contribution < -0.4 is 0 Å². The molecule has 0 aliphatic rings. The van der Waals surface area contributed by atoms with Gasteiger partial charge in [0.2, 0.25) is 0 Å². The van der Waals surface area contributed by atoms with Crippen LogP contribution >= 0.6 is 0 Å². The van der Waals surface area contributed by atoms with Gasteiger partial charge < -0.3 is 10.2 Å². The van der Waals surface area contributed by atoms with Crippen molar-refractivity contribution < 1.29 is 10.2 Å². The Balaban J connectivity index is 4.06. The van der Waals surface area contributed by atoms with E-state index in [0.717, 1.165) is 12.8 Å². The monoisotopic (exact) mass is 202 g/mol. The SMILES string of the molecule is CCCC(CC)C(CC)CC(O)CO. The van der Waals surface area contributed by atoms with Crippen LogP contribution in [-0.2, 0) is 0 Å². The summed E-state index contributed by atoms with van der Waals surface area (Å²) in [6.45, 7) is 6.50. The van der Waals surface area contributed by atoms with Crippen LogP contribution in [-0.4, -0.2) is 22.9 Å². The first-order valence-electron chi connectivity index (χ1n) is 5.98. The molecule has 3 atom stereocenters. The first-order valence-corrected chi connectivity index (χ1v) is 5.98. The van der Waals surface area contributed by atoms with Gasteiger partial charge >= 0.3 is 0 Å². The second-order valence-electron chi connectivity index (χ2n) is 4.20. The number of hydrogen-bond donors (Lipinski definition) is 2. The fourth-order valence-electron chi connectivity index (χ4n) is 2.26. The molecular weight excluding hydrogens is 176 g/mol. The lowest BCUT2D eigenvalue weighted by atomic mass is 9.81. The lowest BCUT2D eigenvalue weighted by Gasteiger charge is -2.26. The Bertz CT molecular complexity index is 125. The molecule has 0 amide bonds. The average molecular weight is 202 g/mol. The van der Waals surface area contributed by atoms with Gasteiger partial charge in [0.1, 0.15) is 0 Å². The maximum atomic E-state index is 9.42. The normalized spacial score (nSPS) is 17.8. The minimum absolute atomic E-state index is 0.0982. The maximum Gasteiger partial charge on any atom is 0.0773 e. The molecule has 0 aromatic rings. The molecule has 0 aromatic carbocycles. The summed E-state index contributed by atoms with van der Waals surface area (Å²) in [5.74, 6) is 1.29. The van der Waals surface area contributed by atoms with Gasteiger partial charge in [0.05, 0.1) is 12.7 Å². The fourth-order valence-corrected chi connectivity index (χ4v) is 2.26. The van der Waals surface area contributed by atoms with Crippen molar-refractivity contribution in [2.45, 2.75) is 59.0 Å². The number of aliphatic hydroxyl groups is 2. The highest BCUT2D eigenvalue weighted by Gasteiger charge is 2.20. The van der Waals surface area contributed by atoms with Crippen molar-refractivity contribution in [2.75, 3.05) is 6.61 Å². The van der Waals surface area contributed by atoms with E-state index < -0.39 is 6.10 Å². The highest BCUT2D eigenvalue weighted by Crippen LogP contribution is 2.27. The zero-order valence-electron chi connectivity index (χ0n) is 9.87. The molecule has 0 aliphatic heterocycles. The van der Waals surface area contributed by atoms with Crippen molar-refractivity contribution in [1.82, 2.24) is 0 Å². The average Bonchev–Trinajstić information content (AvgIpc) is 2.22. The van der Waals surface area contributed by atoms with Gasteiger partial charge in [0, 0.05) is 0 Å². The van der Waals surface area contributed by atoms with Gasteiger partial charge in [-0.1, -0.05) is 46.5 Å². The van der Waals surface area contributed by atoms with E-state index in [1.807, 2.05) is 0 Å². The molecule has 2 N–H and O–H groups in total. The maximum absolute atomic E-state index is 9.42. The molecule has 2 heteroatoms. The quantitative estimate of drug-likeness (QED) is 0.635. The van der Waals surface area contributed by atoms with E-state index in [1.165, 1.54) is 19.3 Å². The molecule has 0 fully saturated rings. The molecular formula is C12H26O2. The zero-order valence-corrected chi connectivity index (χ0v) is 9.87. The molecule has 0 radical (unpaired) electrons. The summed E-state index contributed by atoms with van der Waals surface area (Å²) in [6.07, 6.45) is 4.98. The highest BCUT2D eigenvalue weighted by molar-refractivity contribution is 4.71. The third kappa shape index (κ3) is 4.97. The molecule has 14 heavy (non-hydrogen) atoms. The van der Waals surface area contributed by atoms with E-state index >= 15 is 0 Å². The van der Waals surface area contributed by atoms with Crippen molar-refractivity contribution in [3.8, 4) is 0 Å².